The fraction of sp³-hybridized carbons (Fsp3) is 0.582. The van der Waals surface area contributed by atoms with Crippen LogP contribution in [0.1, 0.15) is 174 Å². The number of carboxylic acids is 1. The Morgan fingerprint density at radius 3 is 1.68 bits per heavy atom. The van der Waals surface area contributed by atoms with Gasteiger partial charge < -0.3 is 115 Å². The first-order chi connectivity index (χ1) is 61.9. The number of aliphatic carboxylic acids is 1. The molecule has 0 radical (unpaired) electrons. The number of carboxylic acid groups (broad SMARTS) is 1. The van der Waals surface area contributed by atoms with Gasteiger partial charge >= 0.3 is 5.97 Å². The highest BCUT2D eigenvalue weighted by Crippen LogP contribution is 2.30. The van der Waals surface area contributed by atoms with E-state index in [2.05, 4.69) is 52.8 Å². The number of aromatic nitrogens is 2. The quantitative estimate of drug-likeness (QED) is 0.0413. The minimum Gasteiger partial charge on any atom is -0.480 e. The van der Waals surface area contributed by atoms with Crippen LogP contribution in [0.25, 0.3) is 21.8 Å². The van der Waals surface area contributed by atoms with E-state index in [-0.39, 0.29) is 128 Å². The van der Waals surface area contributed by atoms with E-state index in [1.807, 2.05) is 27.7 Å². The number of carbonyl (C=O) groups excluding carboxylic acids is 15. The number of carbonyl (C=O) groups is 16. The zero-order valence-electron chi connectivity index (χ0n) is 75.5. The number of H-pyrrole nitrogens is 1. The molecule has 5 aromatic rings. The van der Waals surface area contributed by atoms with Gasteiger partial charge in [0.25, 0.3) is 0 Å². The Morgan fingerprint density at radius 2 is 1.03 bits per heavy atom. The van der Waals surface area contributed by atoms with E-state index in [9.17, 15) is 53.0 Å². The molecule has 4 aliphatic heterocycles. The molecule has 4 saturated heterocycles. The lowest BCUT2D eigenvalue weighted by Gasteiger charge is -2.38. The molecule has 6 heterocycles. The average Bonchev–Trinajstić information content (AvgIpc) is 1.64. The van der Waals surface area contributed by atoms with Crippen LogP contribution in [0.3, 0.4) is 0 Å². The first-order valence-electron chi connectivity index (χ1n) is 45.3. The molecule has 710 valence electrons. The highest BCUT2D eigenvalue weighted by atomic mass is 19.1. The number of para-hydroxylation sites is 2. The third-order valence-electron chi connectivity index (χ3n) is 24.6. The van der Waals surface area contributed by atoms with Gasteiger partial charge in [-0.25, -0.2) is 4.39 Å². The van der Waals surface area contributed by atoms with Gasteiger partial charge in [-0.1, -0.05) is 116 Å². The maximum atomic E-state index is 15.9. The highest BCUT2D eigenvalue weighted by molar-refractivity contribution is 6.02. The average molecular weight is 1810 g/mol. The number of piperidine rings is 1. The molecule has 0 bridgehead atoms. The molecule has 39 heteroatoms. The van der Waals surface area contributed by atoms with E-state index in [1.165, 1.54) is 51.7 Å². The molecule has 130 heavy (non-hydrogen) atoms. The lowest BCUT2D eigenvalue weighted by Crippen LogP contribution is -2.62. The van der Waals surface area contributed by atoms with Crippen LogP contribution in [0.5, 0.6) is 0 Å². The van der Waals surface area contributed by atoms with Crippen LogP contribution in [-0.4, -0.2) is 283 Å². The predicted molar refractivity (Wildman–Crippen MR) is 479 cm³/mol. The van der Waals surface area contributed by atoms with Gasteiger partial charge in [0.15, 0.2) is 0 Å². The van der Waals surface area contributed by atoms with Crippen LogP contribution < -0.4 is 70.8 Å². The van der Waals surface area contributed by atoms with Crippen molar-refractivity contribution in [3.05, 3.63) is 108 Å². The van der Waals surface area contributed by atoms with Crippen LogP contribution in [-0.2, 0) is 103 Å². The molecular formula is C91H131FN20O18. The first kappa shape index (κ1) is 102. The lowest BCUT2D eigenvalue weighted by molar-refractivity contribution is -0.149. The summed E-state index contributed by atoms with van der Waals surface area (Å²) in [5.74, 6) is -15.1. The second-order valence-corrected chi connectivity index (χ2v) is 35.4. The number of unbranched alkanes of at least 4 members (excludes halogenated alkanes) is 2. The number of primary amides is 1. The number of aliphatic hydroxyl groups is 1. The fourth-order valence-corrected chi connectivity index (χ4v) is 17.6. The molecule has 0 spiro atoms. The summed E-state index contributed by atoms with van der Waals surface area (Å²) >= 11 is 0. The number of nitrogens with zero attached hydrogens (tertiary/aromatic N) is 6. The van der Waals surface area contributed by atoms with Crippen molar-refractivity contribution in [2.75, 3.05) is 53.4 Å². The minimum absolute atomic E-state index is 0.0137. The molecule has 2 aromatic heterocycles. The van der Waals surface area contributed by atoms with Crippen molar-refractivity contribution in [1.82, 2.24) is 81.9 Å². The molecule has 0 aliphatic carbocycles. The Hall–Kier alpha value is -12.0. The zero-order chi connectivity index (χ0) is 94.9. The second-order valence-electron chi connectivity index (χ2n) is 35.4. The molecule has 0 saturated carbocycles. The Bertz CT molecular complexity index is 4850. The van der Waals surface area contributed by atoms with Crippen molar-refractivity contribution < 1.29 is 91.3 Å². The van der Waals surface area contributed by atoms with Gasteiger partial charge in [-0.3, -0.25) is 76.7 Å². The topological polar surface area (TPSA) is 563 Å². The Labute approximate surface area is 755 Å². The second kappa shape index (κ2) is 48.1. The number of likely N-dealkylation sites (N-methyl/N-ethyl adjacent to an activating group) is 2. The van der Waals surface area contributed by atoms with Crippen molar-refractivity contribution in [1.29, 1.82) is 0 Å². The van der Waals surface area contributed by atoms with Gasteiger partial charge in [-0.2, -0.15) is 0 Å². The Kier molecular flexibility index (Phi) is 37.6. The van der Waals surface area contributed by atoms with Gasteiger partial charge in [0.1, 0.15) is 90.9 Å². The maximum absolute atomic E-state index is 15.9. The van der Waals surface area contributed by atoms with Crippen LogP contribution in [0.15, 0.2) is 85.2 Å². The molecule has 38 nitrogen and oxygen atoms in total. The molecular weight excluding hydrogens is 1680 g/mol. The van der Waals surface area contributed by atoms with Crippen LogP contribution in [0.4, 0.5) is 4.39 Å². The summed E-state index contributed by atoms with van der Waals surface area (Å²) in [4.78, 5) is 245. The number of aliphatic hydroxyl groups excluding tert-OH is 1. The molecule has 20 N–H and O–H groups in total. The normalized spacial score (nSPS) is 26.0. The van der Waals surface area contributed by atoms with Gasteiger partial charge in [0.2, 0.25) is 88.6 Å². The number of amides is 15. The third-order valence-corrected chi connectivity index (χ3v) is 24.6. The molecule has 15 amide bonds. The zero-order valence-corrected chi connectivity index (χ0v) is 75.5. The number of halogens is 1. The molecule has 3 aromatic carbocycles. The molecule has 15 atom stereocenters. The van der Waals surface area contributed by atoms with E-state index in [4.69, 9.17) is 22.9 Å². The monoisotopic (exact) mass is 1810 g/mol. The first-order valence-corrected chi connectivity index (χ1v) is 45.3. The van der Waals surface area contributed by atoms with Gasteiger partial charge in [-0.15, -0.1) is 0 Å². The maximum Gasteiger partial charge on any atom is 0.323 e. The van der Waals surface area contributed by atoms with Gasteiger partial charge in [0.05, 0.1) is 18.6 Å². The largest absolute Gasteiger partial charge is 0.480 e. The van der Waals surface area contributed by atoms with Crippen LogP contribution in [0.2, 0.25) is 0 Å². The van der Waals surface area contributed by atoms with Crippen molar-refractivity contribution in [3.63, 3.8) is 0 Å². The van der Waals surface area contributed by atoms with Crippen molar-refractivity contribution in [2.45, 2.75) is 274 Å². The van der Waals surface area contributed by atoms with Gasteiger partial charge in [-0.05, 0) is 136 Å². The number of fused-ring (bicyclic) bond motifs is 5. The van der Waals surface area contributed by atoms with Crippen LogP contribution >= 0.6 is 0 Å². The van der Waals surface area contributed by atoms with Crippen molar-refractivity contribution >= 4 is 116 Å². The van der Waals surface area contributed by atoms with Crippen molar-refractivity contribution in [3.8, 4) is 0 Å². The van der Waals surface area contributed by atoms with E-state index in [1.54, 1.807) is 68.6 Å². The third kappa shape index (κ3) is 27.1. The van der Waals surface area contributed by atoms with E-state index in [0.717, 1.165) is 21.9 Å². The van der Waals surface area contributed by atoms with E-state index >= 15 is 38.4 Å². The summed E-state index contributed by atoms with van der Waals surface area (Å²) in [6.07, 6.45) is 2.74. The standard InChI is InChI=1S/C91H131FN20O18/c1-9-11-25-71-83(122)100-63(39-51(3)4)79(118)97-36-19-23-60(95)78(117)102-66(41-53-30-32-56(92)33-31-53)88(127)110-37-18-17-28-72(110)84(123)105-68(45-76(96)114)89(128)111-38-20-29-73(111)85(124)106-69(46-94)82(121)103-65(40-52(5)6)90(129)112-49-57(113)44-75(112)86(125)101-64(42-54-47-98-61-24-15-13-21-58(54)61)81(120)99-62(34-35-93)80(119)104-67(87(126)108(8)74(26-12-10-2)91(130)107(71)7)43-55-48-109(50-77(115)116)70-27-16-14-22-59(55)70/h13-16,21-22,24,27,30-33,47-48,51-52,57,60,62-69,71-75,98,113H,9-12,17-20,23,25-26,28-29,34-46,49-50,93-95H2,1-8H3,(H2,96,114)(H,97,118)(H,99,120)(H,100,122)(H,101,125)(H,102,117)(H,103,121)(H,104,119)(H,105,123)(H,106,124)(H,115,116)/t57-,60+,62+,63+,64+,65+,66+,67+,68+,69+,71+,72+,73+,74+,75+/m1/s1. The lowest BCUT2D eigenvalue weighted by atomic mass is 9.97. The van der Waals surface area contributed by atoms with Gasteiger partial charge in [0, 0.05) is 107 Å². The number of aromatic amines is 1. The molecule has 4 fully saturated rings. The van der Waals surface area contributed by atoms with E-state index < -0.39 is 217 Å². The summed E-state index contributed by atoms with van der Waals surface area (Å²) in [5, 5.41) is 47.5. The molecule has 9 rings (SSSR count). The summed E-state index contributed by atoms with van der Waals surface area (Å²) < 4.78 is 15.9. The van der Waals surface area contributed by atoms with Crippen LogP contribution in [0, 0.1) is 17.7 Å². The summed E-state index contributed by atoms with van der Waals surface area (Å²) in [5.41, 5.74) is 27.2. The Balaban J connectivity index is 1.08. The number of rotatable bonds is 23. The summed E-state index contributed by atoms with van der Waals surface area (Å²) in [7, 11) is 2.80. The van der Waals surface area contributed by atoms with Crippen molar-refractivity contribution in [2.24, 2.45) is 34.8 Å². The fourth-order valence-electron chi connectivity index (χ4n) is 17.6. The molecule has 4 aliphatic rings. The minimum atomic E-state index is -1.71. The predicted octanol–water partition coefficient (Wildman–Crippen LogP) is 0.133. The number of benzene rings is 3. The number of nitrogens with two attached hydrogens (primary N) is 4. The SMILES string of the molecule is CCCC[C@H]1C(=O)N(C)[C@@H](CCCC)C(=O)N[C@@H](CC(C)C)C(=O)NCCC[C@H](N)C(=O)N[C@@H](Cc2ccc(F)cc2)C(=O)N2CCCC[C@H]2C(=O)N[C@@H](CC(N)=O)C(=O)N2CCC[C@H]2C(=O)N[C@@H](CN)C(=O)N[C@@H](CC(C)C)C(=O)N2C[C@H](O)C[C@H]2C(=O)N[C@@H](Cc2c[nH]c3ccccc23)C(=O)N[C@@H](CCN)C(=O)N[C@@H](Cc2cn(CC(=O)O)c3ccccc23)C(=O)N1C. The summed E-state index contributed by atoms with van der Waals surface area (Å²) in [6.45, 7) is 9.00. The highest BCUT2D eigenvalue weighted by Gasteiger charge is 2.47. The number of hydrogen-bond acceptors (Lipinski definition) is 20. The smallest absolute Gasteiger partial charge is 0.323 e. The van der Waals surface area contributed by atoms with E-state index in [0.29, 0.717) is 77.0 Å². The Morgan fingerprint density at radius 1 is 0.508 bits per heavy atom. The molecule has 0 unspecified atom stereocenters. The number of hydrogen-bond donors (Lipinski definition) is 16. The summed E-state index contributed by atoms with van der Waals surface area (Å²) in [6, 6.07) is -1.18. The number of nitrogens with one attached hydrogen (secondary N) is 10.